The zero-order valence-electron chi connectivity index (χ0n) is 26.9. The molecule has 15 heteroatoms. The van der Waals surface area contributed by atoms with Crippen molar-refractivity contribution in [2.45, 2.75) is 61.3 Å². The van der Waals surface area contributed by atoms with Gasteiger partial charge >= 0.3 is 5.97 Å². The second-order valence-electron chi connectivity index (χ2n) is 11.9. The molecule has 1 saturated heterocycles. The molecular weight excluding hydrogens is 641 g/mol. The van der Waals surface area contributed by atoms with Crippen LogP contribution in [0, 0.1) is 0 Å². The second-order valence-corrected chi connectivity index (χ2v) is 13.7. The summed E-state index contributed by atoms with van der Waals surface area (Å²) in [7, 11) is -0.721. The number of carboxylic acids is 1. The molecule has 13 nitrogen and oxygen atoms in total. The van der Waals surface area contributed by atoms with E-state index >= 15 is 0 Å². The summed E-state index contributed by atoms with van der Waals surface area (Å²) < 4.78 is 44.0. The fourth-order valence-corrected chi connectivity index (χ4v) is 7.63. The molecule has 258 valence electrons. The maximum Gasteiger partial charge on any atom is 0.326 e. The third-order valence-electron chi connectivity index (χ3n) is 8.19. The van der Waals surface area contributed by atoms with Gasteiger partial charge in [0.1, 0.15) is 24.3 Å². The SMILES string of the molecule is CN(C)c1cccc2c(S(=O)(=O)N3C[C@H](F)C[C@H]3C(=O)N[C@@H](CCc3ccccc3)C(=O)N[C@@H](CCCN=C(N)N)C(=O)O)cccc12. The molecule has 1 heterocycles. The highest BCUT2D eigenvalue weighted by Crippen LogP contribution is 2.34. The number of alkyl halides is 1. The fourth-order valence-electron chi connectivity index (χ4n) is 5.79. The number of nitrogens with two attached hydrogens (primary N) is 2. The number of nitrogens with one attached hydrogen (secondary N) is 2. The zero-order valence-corrected chi connectivity index (χ0v) is 27.7. The molecule has 3 aromatic carbocycles. The van der Waals surface area contributed by atoms with Crippen molar-refractivity contribution in [3.05, 3.63) is 72.3 Å². The fraction of sp³-hybridized carbons (Fsp3) is 0.394. The number of rotatable bonds is 15. The van der Waals surface area contributed by atoms with E-state index in [4.69, 9.17) is 11.5 Å². The predicted octanol–water partition coefficient (Wildman–Crippen LogP) is 1.75. The van der Waals surface area contributed by atoms with Gasteiger partial charge < -0.3 is 32.1 Å². The minimum absolute atomic E-state index is 0.00987. The number of halogens is 1. The van der Waals surface area contributed by atoms with Crippen LogP contribution in [0.15, 0.2) is 76.6 Å². The summed E-state index contributed by atoms with van der Waals surface area (Å²) in [6, 6.07) is 15.2. The Hall–Kier alpha value is -4.76. The second kappa shape index (κ2) is 15.9. The summed E-state index contributed by atoms with van der Waals surface area (Å²) in [5.41, 5.74) is 12.3. The number of carboxylic acid groups (broad SMARTS) is 1. The summed E-state index contributed by atoms with van der Waals surface area (Å²) >= 11 is 0. The van der Waals surface area contributed by atoms with Crippen LogP contribution in [0.25, 0.3) is 10.8 Å². The molecule has 4 atom stereocenters. The molecular formula is C33H42FN7O6S. The highest BCUT2D eigenvalue weighted by molar-refractivity contribution is 7.89. The number of hydrogen-bond acceptors (Lipinski definition) is 7. The molecule has 3 aromatic rings. The highest BCUT2D eigenvalue weighted by atomic mass is 32.2. The van der Waals surface area contributed by atoms with Crippen molar-refractivity contribution < 1.29 is 32.3 Å². The van der Waals surface area contributed by atoms with Gasteiger partial charge in [-0.3, -0.25) is 14.6 Å². The predicted molar refractivity (Wildman–Crippen MR) is 182 cm³/mol. The van der Waals surface area contributed by atoms with E-state index in [9.17, 15) is 32.3 Å². The average Bonchev–Trinajstić information content (AvgIpc) is 3.46. The number of fused-ring (bicyclic) bond motifs is 1. The van der Waals surface area contributed by atoms with Crippen molar-refractivity contribution in [1.82, 2.24) is 14.9 Å². The number of benzene rings is 3. The molecule has 48 heavy (non-hydrogen) atoms. The van der Waals surface area contributed by atoms with Gasteiger partial charge in [0.25, 0.3) is 0 Å². The number of carbonyl (C=O) groups is 3. The number of anilines is 1. The van der Waals surface area contributed by atoms with E-state index in [2.05, 4.69) is 15.6 Å². The monoisotopic (exact) mass is 683 g/mol. The third kappa shape index (κ3) is 8.77. The lowest BCUT2D eigenvalue weighted by molar-refractivity contribution is -0.142. The van der Waals surface area contributed by atoms with Crippen LogP contribution in [0.2, 0.25) is 0 Å². The first-order chi connectivity index (χ1) is 22.8. The normalized spacial score (nSPS) is 17.7. The van der Waals surface area contributed by atoms with Gasteiger partial charge in [-0.05, 0) is 43.4 Å². The van der Waals surface area contributed by atoms with Gasteiger partial charge in [0.2, 0.25) is 21.8 Å². The number of hydrogen-bond donors (Lipinski definition) is 5. The molecule has 0 unspecified atom stereocenters. The molecule has 1 aliphatic rings. The number of guanidine groups is 1. The summed E-state index contributed by atoms with van der Waals surface area (Å²) in [5.74, 6) is -3.07. The smallest absolute Gasteiger partial charge is 0.326 e. The van der Waals surface area contributed by atoms with Gasteiger partial charge in [0.05, 0.1) is 4.90 Å². The number of nitrogens with zero attached hydrogens (tertiary/aromatic N) is 3. The van der Waals surface area contributed by atoms with Gasteiger partial charge in [-0.1, -0.05) is 54.6 Å². The van der Waals surface area contributed by atoms with Gasteiger partial charge in [-0.2, -0.15) is 4.31 Å². The molecule has 0 bridgehead atoms. The Balaban J connectivity index is 1.59. The topological polar surface area (TPSA) is 201 Å². The number of carbonyl (C=O) groups excluding carboxylic acids is 2. The van der Waals surface area contributed by atoms with Gasteiger partial charge in [-0.25, -0.2) is 17.6 Å². The van der Waals surface area contributed by atoms with E-state index in [1.165, 1.54) is 6.07 Å². The van der Waals surface area contributed by atoms with Crippen molar-refractivity contribution in [3.63, 3.8) is 0 Å². The summed E-state index contributed by atoms with van der Waals surface area (Å²) in [6.07, 6.45) is -1.36. The Morgan fingerprint density at radius 2 is 1.67 bits per heavy atom. The Morgan fingerprint density at radius 3 is 2.33 bits per heavy atom. The standard InChI is InChI=1S/C33H42FN7O6S/c1-40(2)27-14-6-12-24-23(27)11-7-15-29(24)48(46,47)41-20-22(34)19-28(41)31(43)38-25(17-16-21-9-4-3-5-10-21)30(42)39-26(32(44)45)13-8-18-37-33(35)36/h3-7,9-12,14-15,22,25-26,28H,8,13,16-20H2,1-2H3,(H,38,43)(H,39,42)(H,44,45)(H4,35,36,37)/t22-,25+,26+,28+/m1/s1. The quantitative estimate of drug-likeness (QED) is 0.0899. The number of sulfonamides is 1. The summed E-state index contributed by atoms with van der Waals surface area (Å²) in [5, 5.41) is 15.9. The number of aliphatic imine (C=N–C) groups is 1. The van der Waals surface area contributed by atoms with Gasteiger partial charge in [0, 0.05) is 50.1 Å². The van der Waals surface area contributed by atoms with Crippen LogP contribution in [0.1, 0.15) is 31.2 Å². The maximum absolute atomic E-state index is 15.0. The molecule has 0 aromatic heterocycles. The molecule has 0 aliphatic carbocycles. The Morgan fingerprint density at radius 1 is 0.979 bits per heavy atom. The van der Waals surface area contributed by atoms with Crippen molar-refractivity contribution in [2.24, 2.45) is 16.5 Å². The maximum atomic E-state index is 15.0. The molecule has 7 N–H and O–H groups in total. The lowest BCUT2D eigenvalue weighted by Gasteiger charge is -2.27. The van der Waals surface area contributed by atoms with Crippen LogP contribution in [0.4, 0.5) is 10.1 Å². The van der Waals surface area contributed by atoms with E-state index in [1.54, 1.807) is 24.3 Å². The van der Waals surface area contributed by atoms with E-state index < -0.39 is 65.1 Å². The van der Waals surface area contributed by atoms with Crippen molar-refractivity contribution in [3.8, 4) is 0 Å². The Bertz CT molecular complexity index is 1750. The third-order valence-corrected chi connectivity index (χ3v) is 10.1. The van der Waals surface area contributed by atoms with E-state index in [1.807, 2.05) is 55.4 Å². The zero-order chi connectivity index (χ0) is 35.0. The molecule has 4 rings (SSSR count). The first-order valence-electron chi connectivity index (χ1n) is 15.6. The summed E-state index contributed by atoms with van der Waals surface area (Å²) in [4.78, 5) is 44.9. The van der Waals surface area contributed by atoms with E-state index in [0.717, 1.165) is 15.6 Å². The molecule has 1 aliphatic heterocycles. The van der Waals surface area contributed by atoms with Crippen molar-refractivity contribution in [1.29, 1.82) is 0 Å². The minimum Gasteiger partial charge on any atom is -0.480 e. The van der Waals surface area contributed by atoms with Crippen molar-refractivity contribution in [2.75, 3.05) is 32.1 Å². The van der Waals surface area contributed by atoms with Gasteiger partial charge in [0.15, 0.2) is 5.96 Å². The largest absolute Gasteiger partial charge is 0.480 e. The average molecular weight is 684 g/mol. The van der Waals surface area contributed by atoms with Crippen molar-refractivity contribution >= 4 is 50.2 Å². The van der Waals surface area contributed by atoms with Crippen LogP contribution >= 0.6 is 0 Å². The first-order valence-corrected chi connectivity index (χ1v) is 17.0. The van der Waals surface area contributed by atoms with Crippen LogP contribution < -0.4 is 27.0 Å². The molecule has 0 radical (unpaired) electrons. The van der Waals surface area contributed by atoms with Crippen LogP contribution in [0.5, 0.6) is 0 Å². The van der Waals surface area contributed by atoms with E-state index in [-0.39, 0.29) is 36.7 Å². The lowest BCUT2D eigenvalue weighted by Crippen LogP contribution is -2.55. The highest BCUT2D eigenvalue weighted by Gasteiger charge is 2.45. The van der Waals surface area contributed by atoms with Crippen LogP contribution in [-0.2, 0) is 30.8 Å². The van der Waals surface area contributed by atoms with E-state index in [0.29, 0.717) is 17.2 Å². The first kappa shape index (κ1) is 36.1. The van der Waals surface area contributed by atoms with Gasteiger partial charge in [-0.15, -0.1) is 0 Å². The summed E-state index contributed by atoms with van der Waals surface area (Å²) in [6.45, 7) is -0.387. The number of aliphatic carboxylic acids is 1. The van der Waals surface area contributed by atoms with Crippen LogP contribution in [0.3, 0.4) is 0 Å². The minimum atomic E-state index is -4.39. The number of amides is 2. The molecule has 0 saturated carbocycles. The Labute approximate surface area is 279 Å². The Kier molecular flexibility index (Phi) is 11.9. The van der Waals surface area contributed by atoms with Crippen LogP contribution in [-0.4, -0.2) is 93.1 Å². The lowest BCUT2D eigenvalue weighted by atomic mass is 10.0. The molecule has 2 amide bonds. The molecule has 0 spiro atoms. The molecule has 1 fully saturated rings. The number of aryl methyl sites for hydroxylation is 1.